The van der Waals surface area contributed by atoms with Crippen molar-refractivity contribution in [3.8, 4) is 0 Å². The summed E-state index contributed by atoms with van der Waals surface area (Å²) in [6.07, 6.45) is 6.74. The minimum atomic E-state index is 0.636. The van der Waals surface area contributed by atoms with Crippen molar-refractivity contribution in [1.29, 1.82) is 0 Å². The summed E-state index contributed by atoms with van der Waals surface area (Å²) in [6.45, 7) is 3.80. The van der Waals surface area contributed by atoms with Gasteiger partial charge in [0, 0.05) is 27.2 Å². The Labute approximate surface area is 121 Å². The third kappa shape index (κ3) is 4.21. The molecule has 0 atom stereocenters. The zero-order valence-corrected chi connectivity index (χ0v) is 12.8. The molecule has 0 saturated heterocycles. The Morgan fingerprint density at radius 3 is 2.25 bits per heavy atom. The number of anilines is 3. The highest BCUT2D eigenvalue weighted by atomic mass is 15.3. The van der Waals surface area contributed by atoms with Gasteiger partial charge < -0.3 is 15.5 Å². The number of hydrogen-bond acceptors (Lipinski definition) is 6. The molecule has 6 heteroatoms. The molecule has 1 heterocycles. The number of rotatable bonds is 6. The van der Waals surface area contributed by atoms with Crippen LogP contribution in [0.5, 0.6) is 0 Å². The summed E-state index contributed by atoms with van der Waals surface area (Å²) >= 11 is 0. The molecule has 1 aromatic rings. The van der Waals surface area contributed by atoms with Crippen molar-refractivity contribution >= 4 is 17.8 Å². The quantitative estimate of drug-likeness (QED) is 0.833. The first-order valence-corrected chi connectivity index (χ1v) is 7.60. The fourth-order valence-electron chi connectivity index (χ4n) is 2.51. The molecule has 0 amide bonds. The van der Waals surface area contributed by atoms with E-state index in [-0.39, 0.29) is 0 Å². The van der Waals surface area contributed by atoms with E-state index in [1.165, 1.54) is 32.1 Å². The smallest absolute Gasteiger partial charge is 0.231 e. The Morgan fingerprint density at radius 1 is 1.00 bits per heavy atom. The molecule has 1 aromatic heterocycles. The van der Waals surface area contributed by atoms with Crippen molar-refractivity contribution in [2.75, 3.05) is 42.7 Å². The summed E-state index contributed by atoms with van der Waals surface area (Å²) in [5.41, 5.74) is 0. The lowest BCUT2D eigenvalue weighted by molar-refractivity contribution is 0.373. The molecule has 0 spiro atoms. The standard InChI is InChI=1S/C14H26N6/c1-4-15-12-17-13(19-14(18-12)20(2)3)16-10-11-8-6-5-7-9-11/h11H,4-10H2,1-3H3,(H2,15,16,17,18,19). The van der Waals surface area contributed by atoms with E-state index in [0.717, 1.165) is 19.0 Å². The highest BCUT2D eigenvalue weighted by molar-refractivity contribution is 5.42. The maximum Gasteiger partial charge on any atom is 0.231 e. The molecule has 0 aromatic carbocycles. The van der Waals surface area contributed by atoms with Gasteiger partial charge in [0.15, 0.2) is 0 Å². The topological polar surface area (TPSA) is 66.0 Å². The molecule has 2 rings (SSSR count). The van der Waals surface area contributed by atoms with Gasteiger partial charge in [-0.3, -0.25) is 0 Å². The number of nitrogens with one attached hydrogen (secondary N) is 2. The molecule has 0 aliphatic heterocycles. The van der Waals surface area contributed by atoms with E-state index < -0.39 is 0 Å². The summed E-state index contributed by atoms with van der Waals surface area (Å²) in [4.78, 5) is 15.1. The number of hydrogen-bond donors (Lipinski definition) is 2. The van der Waals surface area contributed by atoms with Crippen LogP contribution in [0.25, 0.3) is 0 Å². The zero-order chi connectivity index (χ0) is 14.4. The van der Waals surface area contributed by atoms with Crippen LogP contribution in [0.4, 0.5) is 17.8 Å². The molecule has 1 aliphatic carbocycles. The normalized spacial score (nSPS) is 15.9. The lowest BCUT2D eigenvalue weighted by Crippen LogP contribution is -2.21. The Morgan fingerprint density at radius 2 is 1.65 bits per heavy atom. The second-order valence-corrected chi connectivity index (χ2v) is 5.59. The fraction of sp³-hybridized carbons (Fsp3) is 0.786. The van der Waals surface area contributed by atoms with Crippen LogP contribution in [-0.4, -0.2) is 42.1 Å². The second kappa shape index (κ2) is 7.26. The van der Waals surface area contributed by atoms with Gasteiger partial charge in [0.05, 0.1) is 0 Å². The van der Waals surface area contributed by atoms with Gasteiger partial charge in [-0.1, -0.05) is 19.3 Å². The van der Waals surface area contributed by atoms with Crippen LogP contribution in [0.2, 0.25) is 0 Å². The average molecular weight is 278 g/mol. The molecule has 112 valence electrons. The van der Waals surface area contributed by atoms with Crippen molar-refractivity contribution in [2.45, 2.75) is 39.0 Å². The van der Waals surface area contributed by atoms with Crippen LogP contribution in [0.3, 0.4) is 0 Å². The molecule has 1 fully saturated rings. The fourth-order valence-corrected chi connectivity index (χ4v) is 2.51. The third-order valence-electron chi connectivity index (χ3n) is 3.63. The molecule has 0 radical (unpaired) electrons. The summed E-state index contributed by atoms with van der Waals surface area (Å²) < 4.78 is 0. The van der Waals surface area contributed by atoms with Crippen molar-refractivity contribution < 1.29 is 0 Å². The van der Waals surface area contributed by atoms with Gasteiger partial charge in [-0.25, -0.2) is 0 Å². The van der Waals surface area contributed by atoms with E-state index in [9.17, 15) is 0 Å². The van der Waals surface area contributed by atoms with Gasteiger partial charge in [-0.05, 0) is 25.7 Å². The van der Waals surface area contributed by atoms with E-state index in [1.54, 1.807) is 0 Å². The molecule has 2 N–H and O–H groups in total. The van der Waals surface area contributed by atoms with Crippen molar-refractivity contribution in [3.63, 3.8) is 0 Å². The Balaban J connectivity index is 2.01. The first kappa shape index (κ1) is 14.8. The predicted octanol–water partition coefficient (Wildman–Crippen LogP) is 2.36. The largest absolute Gasteiger partial charge is 0.354 e. The van der Waals surface area contributed by atoms with Crippen LogP contribution >= 0.6 is 0 Å². The molecular formula is C14H26N6. The number of nitrogens with zero attached hydrogens (tertiary/aromatic N) is 4. The molecule has 6 nitrogen and oxygen atoms in total. The minimum Gasteiger partial charge on any atom is -0.354 e. The first-order chi connectivity index (χ1) is 9.69. The van der Waals surface area contributed by atoms with Crippen LogP contribution in [-0.2, 0) is 0 Å². The second-order valence-electron chi connectivity index (χ2n) is 5.59. The Kier molecular flexibility index (Phi) is 5.38. The van der Waals surface area contributed by atoms with Gasteiger partial charge in [-0.15, -0.1) is 0 Å². The summed E-state index contributed by atoms with van der Waals surface area (Å²) in [6, 6.07) is 0. The highest BCUT2D eigenvalue weighted by Crippen LogP contribution is 2.23. The monoisotopic (exact) mass is 278 g/mol. The Bertz CT molecular complexity index is 414. The van der Waals surface area contributed by atoms with E-state index >= 15 is 0 Å². The summed E-state index contributed by atoms with van der Waals surface area (Å²) in [7, 11) is 3.88. The first-order valence-electron chi connectivity index (χ1n) is 7.60. The van der Waals surface area contributed by atoms with E-state index in [2.05, 4.69) is 25.6 Å². The van der Waals surface area contributed by atoms with Gasteiger partial charge in [0.1, 0.15) is 0 Å². The van der Waals surface area contributed by atoms with Gasteiger partial charge in [0.2, 0.25) is 17.8 Å². The van der Waals surface area contributed by atoms with Crippen molar-refractivity contribution in [2.24, 2.45) is 5.92 Å². The zero-order valence-electron chi connectivity index (χ0n) is 12.8. The van der Waals surface area contributed by atoms with Gasteiger partial charge >= 0.3 is 0 Å². The summed E-state index contributed by atoms with van der Waals surface area (Å²) in [5, 5.41) is 6.53. The lowest BCUT2D eigenvalue weighted by atomic mass is 9.89. The van der Waals surface area contributed by atoms with Crippen LogP contribution in [0.1, 0.15) is 39.0 Å². The molecule has 1 aliphatic rings. The van der Waals surface area contributed by atoms with Crippen LogP contribution in [0.15, 0.2) is 0 Å². The molecule has 1 saturated carbocycles. The highest BCUT2D eigenvalue weighted by Gasteiger charge is 2.14. The van der Waals surface area contributed by atoms with E-state index in [1.807, 2.05) is 25.9 Å². The lowest BCUT2D eigenvalue weighted by Gasteiger charge is -2.22. The van der Waals surface area contributed by atoms with Gasteiger partial charge in [-0.2, -0.15) is 15.0 Å². The maximum atomic E-state index is 4.45. The molecular weight excluding hydrogens is 252 g/mol. The van der Waals surface area contributed by atoms with Crippen LogP contribution in [0, 0.1) is 5.92 Å². The van der Waals surface area contributed by atoms with E-state index in [0.29, 0.717) is 17.8 Å². The Hall–Kier alpha value is -1.59. The molecule has 20 heavy (non-hydrogen) atoms. The minimum absolute atomic E-state index is 0.636. The van der Waals surface area contributed by atoms with Crippen molar-refractivity contribution in [1.82, 2.24) is 15.0 Å². The van der Waals surface area contributed by atoms with Crippen LogP contribution < -0.4 is 15.5 Å². The number of aromatic nitrogens is 3. The van der Waals surface area contributed by atoms with Gasteiger partial charge in [0.25, 0.3) is 0 Å². The van der Waals surface area contributed by atoms with E-state index in [4.69, 9.17) is 0 Å². The average Bonchev–Trinajstić information content (AvgIpc) is 2.46. The SMILES string of the molecule is CCNc1nc(NCC2CCCCC2)nc(N(C)C)n1. The van der Waals surface area contributed by atoms with Crippen molar-refractivity contribution in [3.05, 3.63) is 0 Å². The molecule has 0 bridgehead atoms. The third-order valence-corrected chi connectivity index (χ3v) is 3.63. The predicted molar refractivity (Wildman–Crippen MR) is 83.4 cm³/mol. The summed E-state index contributed by atoms with van der Waals surface area (Å²) in [5.74, 6) is 2.75. The molecule has 0 unspecified atom stereocenters. The maximum absolute atomic E-state index is 4.45.